The Morgan fingerprint density at radius 2 is 0.614 bits per heavy atom. The molecule has 0 radical (unpaired) electrons. The smallest absolute Gasteiger partial charge is 0.194 e. The van der Waals surface area contributed by atoms with Gasteiger partial charge in [0, 0.05) is 35.4 Å². The van der Waals surface area contributed by atoms with Crippen LogP contribution >= 0.6 is 0 Å². The maximum absolute atomic E-state index is 2.33. The first kappa shape index (κ1) is 26.3. The fraction of sp³-hybridized carbons (Fsp3) is 0.0952. The number of hydrogen-bond donors (Lipinski definition) is 0. The van der Waals surface area contributed by atoms with Crippen LogP contribution in [0.3, 0.4) is 0 Å². The third-order valence-corrected chi connectivity index (χ3v) is 9.47. The number of para-hydroxylation sites is 4. The normalized spacial score (nSPS) is 11.6. The van der Waals surface area contributed by atoms with Gasteiger partial charge in [0.1, 0.15) is 14.1 Å². The molecular formula is C42H34N2+2. The van der Waals surface area contributed by atoms with Gasteiger partial charge in [0.05, 0.1) is 21.5 Å². The van der Waals surface area contributed by atoms with Crippen LogP contribution in [0.2, 0.25) is 0 Å². The Hall–Kier alpha value is -5.34. The highest BCUT2D eigenvalue weighted by Gasteiger charge is 2.26. The zero-order valence-electron chi connectivity index (χ0n) is 25.6. The van der Waals surface area contributed by atoms with Gasteiger partial charge in [-0.25, -0.2) is 0 Å². The van der Waals surface area contributed by atoms with Crippen molar-refractivity contribution in [2.24, 2.45) is 14.1 Å². The predicted octanol–water partition coefficient (Wildman–Crippen LogP) is 9.57. The number of hydrogen-bond acceptors (Lipinski definition) is 0. The second-order valence-electron chi connectivity index (χ2n) is 11.9. The maximum Gasteiger partial charge on any atom is 0.213 e. The summed E-state index contributed by atoms with van der Waals surface area (Å²) in [5.41, 5.74) is 15.2. The molecule has 0 amide bonds. The van der Waals surface area contributed by atoms with Gasteiger partial charge in [-0.3, -0.25) is 0 Å². The number of benzene rings is 6. The molecule has 0 saturated carbocycles. The number of pyridine rings is 2. The van der Waals surface area contributed by atoms with Crippen molar-refractivity contribution in [3.63, 3.8) is 0 Å². The molecule has 210 valence electrons. The number of nitrogens with zero attached hydrogens (tertiary/aromatic N) is 2. The second-order valence-corrected chi connectivity index (χ2v) is 11.9. The van der Waals surface area contributed by atoms with Crippen LogP contribution < -0.4 is 9.13 Å². The Labute approximate surface area is 258 Å². The van der Waals surface area contributed by atoms with Crippen molar-refractivity contribution in [1.82, 2.24) is 0 Å². The summed E-state index contributed by atoms with van der Waals surface area (Å²) in [6, 6.07) is 48.9. The lowest BCUT2D eigenvalue weighted by atomic mass is 9.81. The molecule has 2 heteroatoms. The maximum atomic E-state index is 2.33. The Kier molecular flexibility index (Phi) is 6.06. The lowest BCUT2D eigenvalue weighted by Crippen LogP contribution is -2.30. The highest BCUT2D eigenvalue weighted by atomic mass is 14.9. The van der Waals surface area contributed by atoms with Gasteiger partial charge < -0.3 is 0 Å². The quantitative estimate of drug-likeness (QED) is 0.149. The van der Waals surface area contributed by atoms with Gasteiger partial charge in [0.2, 0.25) is 22.1 Å². The van der Waals surface area contributed by atoms with Gasteiger partial charge in [-0.15, -0.1) is 0 Å². The average molecular weight is 567 g/mol. The Balaban J connectivity index is 1.55. The molecule has 2 aromatic heterocycles. The standard InChI is InChI=1S/C42H34N2/c1-27-15-13-21-33(41-29-17-5-9-23-35(29)43(3)36-24-10-6-18-30(36)41)39(27)40-28(2)16-14-22-34(40)42-31-19-7-11-25-37(31)44(4)38-26-12-8-20-32(38)42/h5-26H,1-4H3/q+2. The van der Waals surface area contributed by atoms with E-state index in [1.165, 1.54) is 88.1 Å². The molecule has 0 spiro atoms. The Morgan fingerprint density at radius 3 is 0.932 bits per heavy atom. The molecule has 44 heavy (non-hydrogen) atoms. The topological polar surface area (TPSA) is 7.76 Å². The van der Waals surface area contributed by atoms with Gasteiger partial charge in [-0.05, 0) is 71.5 Å². The summed E-state index contributed by atoms with van der Waals surface area (Å²) >= 11 is 0. The fourth-order valence-corrected chi connectivity index (χ4v) is 7.46. The van der Waals surface area contributed by atoms with Crippen LogP contribution in [0.4, 0.5) is 0 Å². The zero-order chi connectivity index (χ0) is 29.9. The van der Waals surface area contributed by atoms with Crippen molar-refractivity contribution in [3.8, 4) is 33.4 Å². The zero-order valence-corrected chi connectivity index (χ0v) is 25.6. The summed E-state index contributed by atoms with van der Waals surface area (Å²) in [6.07, 6.45) is 0. The van der Waals surface area contributed by atoms with E-state index in [1.54, 1.807) is 0 Å². The Bertz CT molecular complexity index is 2150. The molecule has 0 aliphatic heterocycles. The fourth-order valence-electron chi connectivity index (χ4n) is 7.46. The van der Waals surface area contributed by atoms with Crippen molar-refractivity contribution >= 4 is 43.6 Å². The van der Waals surface area contributed by atoms with Gasteiger partial charge in [-0.2, -0.15) is 9.13 Å². The molecule has 2 nitrogen and oxygen atoms in total. The molecule has 8 rings (SSSR count). The van der Waals surface area contributed by atoms with Crippen molar-refractivity contribution in [2.45, 2.75) is 13.8 Å². The van der Waals surface area contributed by atoms with Crippen LogP contribution in [-0.4, -0.2) is 0 Å². The highest BCUT2D eigenvalue weighted by Crippen LogP contribution is 2.47. The summed E-state index contributed by atoms with van der Waals surface area (Å²) in [4.78, 5) is 0. The first-order valence-corrected chi connectivity index (χ1v) is 15.3. The summed E-state index contributed by atoms with van der Waals surface area (Å²) in [6.45, 7) is 4.53. The Morgan fingerprint density at radius 1 is 0.318 bits per heavy atom. The van der Waals surface area contributed by atoms with Crippen molar-refractivity contribution in [2.75, 3.05) is 0 Å². The van der Waals surface area contributed by atoms with E-state index in [0.29, 0.717) is 0 Å². The molecule has 0 unspecified atom stereocenters. The molecule has 2 heterocycles. The predicted molar refractivity (Wildman–Crippen MR) is 185 cm³/mol. The minimum Gasteiger partial charge on any atom is -0.194 e. The van der Waals surface area contributed by atoms with Gasteiger partial charge in [0.15, 0.2) is 0 Å². The lowest BCUT2D eigenvalue weighted by Gasteiger charge is -2.22. The monoisotopic (exact) mass is 566 g/mol. The van der Waals surface area contributed by atoms with Crippen LogP contribution in [0.5, 0.6) is 0 Å². The number of fused-ring (bicyclic) bond motifs is 4. The largest absolute Gasteiger partial charge is 0.213 e. The molecule has 0 bridgehead atoms. The molecule has 0 atom stereocenters. The summed E-state index contributed by atoms with van der Waals surface area (Å²) in [7, 11) is 4.35. The summed E-state index contributed by atoms with van der Waals surface area (Å²) < 4.78 is 4.65. The van der Waals surface area contributed by atoms with Crippen molar-refractivity contribution in [3.05, 3.63) is 145 Å². The lowest BCUT2D eigenvalue weighted by molar-refractivity contribution is -0.617. The third kappa shape index (κ3) is 3.81. The van der Waals surface area contributed by atoms with Crippen LogP contribution in [0.15, 0.2) is 133 Å². The first-order chi connectivity index (χ1) is 21.5. The van der Waals surface area contributed by atoms with Gasteiger partial charge in [0.25, 0.3) is 0 Å². The molecule has 0 fully saturated rings. The molecule has 6 aromatic carbocycles. The molecule has 0 N–H and O–H groups in total. The number of aromatic nitrogens is 2. The van der Waals surface area contributed by atoms with E-state index < -0.39 is 0 Å². The van der Waals surface area contributed by atoms with E-state index >= 15 is 0 Å². The summed E-state index contributed by atoms with van der Waals surface area (Å²) in [5.74, 6) is 0. The highest BCUT2D eigenvalue weighted by molar-refractivity contribution is 6.14. The summed E-state index contributed by atoms with van der Waals surface area (Å²) in [5, 5.41) is 5.05. The van der Waals surface area contributed by atoms with Crippen molar-refractivity contribution < 1.29 is 9.13 Å². The third-order valence-electron chi connectivity index (χ3n) is 9.47. The SMILES string of the molecule is Cc1cccc(-c2c3ccccc3[n+](C)c3ccccc23)c1-c1c(C)cccc1-c1c2ccccc2[n+](C)c2ccccc12. The second kappa shape index (κ2) is 10.1. The van der Waals surface area contributed by atoms with Crippen LogP contribution in [0.25, 0.3) is 77.0 Å². The van der Waals surface area contributed by atoms with Crippen LogP contribution in [0.1, 0.15) is 11.1 Å². The van der Waals surface area contributed by atoms with Crippen molar-refractivity contribution in [1.29, 1.82) is 0 Å². The molecule has 8 aromatic rings. The van der Waals surface area contributed by atoms with E-state index in [2.05, 4.69) is 171 Å². The van der Waals surface area contributed by atoms with Gasteiger partial charge >= 0.3 is 0 Å². The van der Waals surface area contributed by atoms with E-state index in [9.17, 15) is 0 Å². The van der Waals surface area contributed by atoms with E-state index in [0.717, 1.165) is 0 Å². The van der Waals surface area contributed by atoms with E-state index in [4.69, 9.17) is 0 Å². The molecule has 0 aliphatic carbocycles. The van der Waals surface area contributed by atoms with Crippen LogP contribution in [0, 0.1) is 13.8 Å². The number of rotatable bonds is 3. The molecule has 0 saturated heterocycles. The first-order valence-electron chi connectivity index (χ1n) is 15.3. The van der Waals surface area contributed by atoms with E-state index in [-0.39, 0.29) is 0 Å². The average Bonchev–Trinajstić information content (AvgIpc) is 3.06. The number of aryl methyl sites for hydroxylation is 4. The molecular weight excluding hydrogens is 532 g/mol. The minimum atomic E-state index is 1.23. The molecule has 0 aliphatic rings. The minimum absolute atomic E-state index is 1.23. The van der Waals surface area contributed by atoms with Crippen LogP contribution in [-0.2, 0) is 14.1 Å². The van der Waals surface area contributed by atoms with E-state index in [1.807, 2.05) is 0 Å². The van der Waals surface area contributed by atoms with Gasteiger partial charge in [-0.1, -0.05) is 84.9 Å².